The van der Waals surface area contributed by atoms with Gasteiger partial charge in [-0.05, 0) is 43.2 Å². The molecule has 0 saturated carbocycles. The molecule has 2 rings (SSSR count). The van der Waals surface area contributed by atoms with Crippen LogP contribution >= 0.6 is 0 Å². The van der Waals surface area contributed by atoms with Crippen LogP contribution in [0.5, 0.6) is 11.5 Å². The van der Waals surface area contributed by atoms with Crippen LogP contribution in [0.25, 0.3) is 0 Å². The van der Waals surface area contributed by atoms with Gasteiger partial charge in [-0.25, -0.2) is 5.43 Å². The van der Waals surface area contributed by atoms with Gasteiger partial charge in [0.05, 0.1) is 13.3 Å². The number of para-hydroxylation sites is 1. The summed E-state index contributed by atoms with van der Waals surface area (Å²) < 4.78 is 10.7. The number of carbonyl (C=O) groups is 1. The van der Waals surface area contributed by atoms with Crippen LogP contribution in [0.2, 0.25) is 0 Å². The lowest BCUT2D eigenvalue weighted by Gasteiger charge is -2.09. The Kier molecular flexibility index (Phi) is 5.74. The topological polar surface area (TPSA) is 59.9 Å². The maximum Gasteiger partial charge on any atom is 0.277 e. The molecular weight excluding hydrogens is 292 g/mol. The number of aryl methyl sites for hydroxylation is 2. The summed E-state index contributed by atoms with van der Waals surface area (Å²) in [7, 11) is 1.59. The van der Waals surface area contributed by atoms with Gasteiger partial charge in [0.15, 0.2) is 6.61 Å². The molecule has 0 saturated heterocycles. The van der Waals surface area contributed by atoms with E-state index in [0.717, 1.165) is 16.7 Å². The lowest BCUT2D eigenvalue weighted by Crippen LogP contribution is -2.24. The maximum absolute atomic E-state index is 11.8. The molecule has 2 aromatic carbocycles. The standard InChI is InChI=1S/C18H20N2O3/c1-13-8-9-14(2)17(10-13)23-12-18(21)20-19-11-15-6-4-5-7-16(15)22-3/h4-11H,12H2,1-3H3,(H,20,21)/b19-11-. The van der Waals surface area contributed by atoms with Gasteiger partial charge in [0.2, 0.25) is 0 Å². The molecule has 0 aliphatic heterocycles. The van der Waals surface area contributed by atoms with E-state index >= 15 is 0 Å². The summed E-state index contributed by atoms with van der Waals surface area (Å²) in [5.74, 6) is 1.07. The molecule has 23 heavy (non-hydrogen) atoms. The molecule has 5 nitrogen and oxygen atoms in total. The van der Waals surface area contributed by atoms with Gasteiger partial charge < -0.3 is 9.47 Å². The minimum Gasteiger partial charge on any atom is -0.496 e. The third-order valence-corrected chi connectivity index (χ3v) is 3.23. The molecule has 0 aliphatic carbocycles. The molecular formula is C18H20N2O3. The molecule has 0 radical (unpaired) electrons. The Hall–Kier alpha value is -2.82. The van der Waals surface area contributed by atoms with Gasteiger partial charge in [-0.15, -0.1) is 0 Å². The fourth-order valence-corrected chi connectivity index (χ4v) is 1.99. The highest BCUT2D eigenvalue weighted by Crippen LogP contribution is 2.18. The van der Waals surface area contributed by atoms with Crippen LogP contribution in [-0.2, 0) is 4.79 Å². The maximum atomic E-state index is 11.8. The average Bonchev–Trinajstić information content (AvgIpc) is 2.56. The third kappa shape index (κ3) is 4.85. The average molecular weight is 312 g/mol. The number of hydrogen-bond acceptors (Lipinski definition) is 4. The molecule has 0 fully saturated rings. The van der Waals surface area contributed by atoms with Crippen LogP contribution in [-0.4, -0.2) is 25.8 Å². The molecule has 1 N–H and O–H groups in total. The minimum atomic E-state index is -0.322. The third-order valence-electron chi connectivity index (χ3n) is 3.23. The van der Waals surface area contributed by atoms with E-state index in [9.17, 15) is 4.79 Å². The quantitative estimate of drug-likeness (QED) is 0.659. The first-order valence-corrected chi connectivity index (χ1v) is 7.25. The SMILES string of the molecule is COc1ccccc1/C=N\NC(=O)COc1cc(C)ccc1C. The zero-order chi connectivity index (χ0) is 16.7. The van der Waals surface area contributed by atoms with Crippen LogP contribution in [0, 0.1) is 13.8 Å². The van der Waals surface area contributed by atoms with E-state index in [4.69, 9.17) is 9.47 Å². The summed E-state index contributed by atoms with van der Waals surface area (Å²) in [5.41, 5.74) is 5.29. The van der Waals surface area contributed by atoms with Crippen LogP contribution in [0.4, 0.5) is 0 Å². The van der Waals surface area contributed by atoms with Gasteiger partial charge in [-0.3, -0.25) is 4.79 Å². The molecule has 0 spiro atoms. The molecule has 1 amide bonds. The van der Waals surface area contributed by atoms with Crippen molar-refractivity contribution >= 4 is 12.1 Å². The predicted molar refractivity (Wildman–Crippen MR) is 90.1 cm³/mol. The van der Waals surface area contributed by atoms with E-state index in [1.807, 2.05) is 56.3 Å². The zero-order valence-corrected chi connectivity index (χ0v) is 13.5. The second-order valence-corrected chi connectivity index (χ2v) is 5.09. The highest BCUT2D eigenvalue weighted by atomic mass is 16.5. The Morgan fingerprint density at radius 2 is 1.96 bits per heavy atom. The van der Waals surface area contributed by atoms with Gasteiger partial charge in [0.25, 0.3) is 5.91 Å². The number of benzene rings is 2. The largest absolute Gasteiger partial charge is 0.496 e. The van der Waals surface area contributed by atoms with Crippen molar-refractivity contribution in [1.82, 2.24) is 5.43 Å². The number of carbonyl (C=O) groups excluding carboxylic acids is 1. The number of nitrogens with zero attached hydrogens (tertiary/aromatic N) is 1. The first-order valence-electron chi connectivity index (χ1n) is 7.25. The summed E-state index contributed by atoms with van der Waals surface area (Å²) in [6.07, 6.45) is 1.54. The summed E-state index contributed by atoms with van der Waals surface area (Å²) in [6.45, 7) is 3.82. The molecule has 0 unspecified atom stereocenters. The van der Waals surface area contributed by atoms with E-state index in [0.29, 0.717) is 11.5 Å². The van der Waals surface area contributed by atoms with Gasteiger partial charge in [-0.2, -0.15) is 5.10 Å². The Labute approximate surface area is 135 Å². The molecule has 2 aromatic rings. The fraction of sp³-hybridized carbons (Fsp3) is 0.222. The summed E-state index contributed by atoms with van der Waals surface area (Å²) in [6, 6.07) is 13.3. The number of hydrogen-bond donors (Lipinski definition) is 1. The van der Waals surface area contributed by atoms with E-state index < -0.39 is 0 Å². The predicted octanol–water partition coefficient (Wildman–Crippen LogP) is 2.84. The van der Waals surface area contributed by atoms with Crippen molar-refractivity contribution in [2.45, 2.75) is 13.8 Å². The molecule has 0 aromatic heterocycles. The van der Waals surface area contributed by atoms with Gasteiger partial charge in [0, 0.05) is 5.56 Å². The van der Waals surface area contributed by atoms with E-state index in [-0.39, 0.29) is 12.5 Å². The van der Waals surface area contributed by atoms with Crippen molar-refractivity contribution in [3.05, 3.63) is 59.2 Å². The van der Waals surface area contributed by atoms with Crippen molar-refractivity contribution < 1.29 is 14.3 Å². The van der Waals surface area contributed by atoms with Crippen LogP contribution in [0.15, 0.2) is 47.6 Å². The zero-order valence-electron chi connectivity index (χ0n) is 13.5. The lowest BCUT2D eigenvalue weighted by molar-refractivity contribution is -0.123. The molecule has 0 bridgehead atoms. The van der Waals surface area contributed by atoms with E-state index in [1.54, 1.807) is 7.11 Å². The highest BCUT2D eigenvalue weighted by Gasteiger charge is 2.04. The summed E-state index contributed by atoms with van der Waals surface area (Å²) in [4.78, 5) is 11.8. The van der Waals surface area contributed by atoms with Crippen LogP contribution in [0.3, 0.4) is 0 Å². The smallest absolute Gasteiger partial charge is 0.277 e. The molecule has 0 heterocycles. The van der Waals surface area contributed by atoms with Crippen molar-refractivity contribution in [1.29, 1.82) is 0 Å². The number of ether oxygens (including phenoxy) is 2. The lowest BCUT2D eigenvalue weighted by atomic mass is 10.1. The highest BCUT2D eigenvalue weighted by molar-refractivity contribution is 5.85. The van der Waals surface area contributed by atoms with E-state index in [2.05, 4.69) is 10.5 Å². The van der Waals surface area contributed by atoms with E-state index in [1.165, 1.54) is 6.21 Å². The van der Waals surface area contributed by atoms with Crippen molar-refractivity contribution in [2.24, 2.45) is 5.10 Å². The summed E-state index contributed by atoms with van der Waals surface area (Å²) >= 11 is 0. The Morgan fingerprint density at radius 3 is 2.74 bits per heavy atom. The van der Waals surface area contributed by atoms with Crippen LogP contribution in [0.1, 0.15) is 16.7 Å². The minimum absolute atomic E-state index is 0.0897. The number of methoxy groups -OCH3 is 1. The molecule has 120 valence electrons. The number of hydrazone groups is 1. The van der Waals surface area contributed by atoms with Crippen molar-refractivity contribution in [3.8, 4) is 11.5 Å². The van der Waals surface area contributed by atoms with Crippen LogP contribution < -0.4 is 14.9 Å². The molecule has 5 heteroatoms. The first-order chi connectivity index (χ1) is 11.1. The number of nitrogens with one attached hydrogen (secondary N) is 1. The number of amides is 1. The Balaban J connectivity index is 1.88. The molecule has 0 aliphatic rings. The first kappa shape index (κ1) is 16.5. The second kappa shape index (κ2) is 7.98. The monoisotopic (exact) mass is 312 g/mol. The fourth-order valence-electron chi connectivity index (χ4n) is 1.99. The summed E-state index contributed by atoms with van der Waals surface area (Å²) in [5, 5.41) is 3.92. The normalized spacial score (nSPS) is 10.6. The van der Waals surface area contributed by atoms with Crippen molar-refractivity contribution in [3.63, 3.8) is 0 Å². The van der Waals surface area contributed by atoms with Gasteiger partial charge in [-0.1, -0.05) is 24.3 Å². The second-order valence-electron chi connectivity index (χ2n) is 5.09. The molecule has 0 atom stereocenters. The number of rotatable bonds is 6. The van der Waals surface area contributed by atoms with Gasteiger partial charge >= 0.3 is 0 Å². The van der Waals surface area contributed by atoms with Crippen molar-refractivity contribution in [2.75, 3.05) is 13.7 Å². The van der Waals surface area contributed by atoms with Gasteiger partial charge in [0.1, 0.15) is 11.5 Å². The Bertz CT molecular complexity index is 711. The Morgan fingerprint density at radius 1 is 1.17 bits per heavy atom.